The number of halogens is 1. The number of benzene rings is 2. The Labute approximate surface area is 126 Å². The van der Waals surface area contributed by atoms with Gasteiger partial charge in [-0.2, -0.15) is 5.26 Å². The van der Waals surface area contributed by atoms with E-state index < -0.39 is 0 Å². The summed E-state index contributed by atoms with van der Waals surface area (Å²) in [4.78, 5) is 0. The average molecular weight is 329 g/mol. The first kappa shape index (κ1) is 13.0. The summed E-state index contributed by atoms with van der Waals surface area (Å²) in [7, 11) is 0. The highest BCUT2D eigenvalue weighted by atomic mass is 79.9. The van der Waals surface area contributed by atoms with Crippen LogP contribution in [0.4, 0.5) is 5.69 Å². The second-order valence-corrected chi connectivity index (χ2v) is 5.59. The Morgan fingerprint density at radius 2 is 2.10 bits per heavy atom. The number of nitrogens with one attached hydrogen (secondary N) is 1. The fourth-order valence-electron chi connectivity index (χ4n) is 2.41. The van der Waals surface area contributed by atoms with Crippen LogP contribution in [0.5, 0.6) is 5.75 Å². The van der Waals surface area contributed by atoms with Gasteiger partial charge in [-0.05, 0) is 24.3 Å². The largest absolute Gasteiger partial charge is 0.493 e. The van der Waals surface area contributed by atoms with Gasteiger partial charge < -0.3 is 10.1 Å². The molecule has 3 rings (SSSR count). The van der Waals surface area contributed by atoms with Crippen molar-refractivity contribution in [2.24, 2.45) is 0 Å². The number of hydrogen-bond donors (Lipinski definition) is 1. The molecule has 3 nitrogen and oxygen atoms in total. The van der Waals surface area contributed by atoms with Crippen molar-refractivity contribution >= 4 is 21.6 Å². The van der Waals surface area contributed by atoms with E-state index in [1.54, 1.807) is 0 Å². The summed E-state index contributed by atoms with van der Waals surface area (Å²) in [5.41, 5.74) is 2.64. The molecule has 1 unspecified atom stereocenters. The lowest BCUT2D eigenvalue weighted by Gasteiger charge is -2.27. The molecule has 1 aliphatic heterocycles. The maximum Gasteiger partial charge on any atom is 0.124 e. The van der Waals surface area contributed by atoms with Crippen LogP contribution in [0.2, 0.25) is 0 Å². The Morgan fingerprint density at radius 3 is 2.95 bits per heavy atom. The van der Waals surface area contributed by atoms with E-state index in [4.69, 9.17) is 4.74 Å². The lowest BCUT2D eigenvalue weighted by Crippen LogP contribution is -2.20. The highest BCUT2D eigenvalue weighted by molar-refractivity contribution is 9.10. The van der Waals surface area contributed by atoms with Crippen LogP contribution in [-0.4, -0.2) is 6.61 Å². The van der Waals surface area contributed by atoms with Crippen molar-refractivity contribution in [2.75, 3.05) is 11.9 Å². The van der Waals surface area contributed by atoms with E-state index in [-0.39, 0.29) is 6.04 Å². The van der Waals surface area contributed by atoms with Gasteiger partial charge in [0.15, 0.2) is 0 Å². The maximum absolute atomic E-state index is 9.23. The van der Waals surface area contributed by atoms with Gasteiger partial charge in [-0.1, -0.05) is 34.1 Å². The third-order valence-corrected chi connectivity index (χ3v) is 3.88. The van der Waals surface area contributed by atoms with Crippen molar-refractivity contribution in [3.05, 3.63) is 58.1 Å². The molecule has 0 aliphatic carbocycles. The van der Waals surface area contributed by atoms with Crippen molar-refractivity contribution in [3.63, 3.8) is 0 Å². The molecule has 0 saturated heterocycles. The van der Waals surface area contributed by atoms with Crippen molar-refractivity contribution < 1.29 is 4.74 Å². The molecular weight excluding hydrogens is 316 g/mol. The Bertz CT molecular complexity index is 678. The highest BCUT2D eigenvalue weighted by Gasteiger charge is 2.21. The highest BCUT2D eigenvalue weighted by Crippen LogP contribution is 2.35. The molecule has 2 aromatic rings. The summed E-state index contributed by atoms with van der Waals surface area (Å²) in [5, 5.41) is 12.7. The van der Waals surface area contributed by atoms with Crippen LogP contribution in [0.3, 0.4) is 0 Å². The second-order valence-electron chi connectivity index (χ2n) is 4.67. The van der Waals surface area contributed by atoms with Crippen LogP contribution in [0.25, 0.3) is 0 Å². The molecule has 1 aliphatic rings. The third-order valence-electron chi connectivity index (χ3n) is 3.39. The Hall–Kier alpha value is -1.99. The minimum Gasteiger partial charge on any atom is -0.493 e. The van der Waals surface area contributed by atoms with Crippen molar-refractivity contribution in [1.29, 1.82) is 5.26 Å². The minimum atomic E-state index is 0.174. The van der Waals surface area contributed by atoms with E-state index in [2.05, 4.69) is 33.4 Å². The molecule has 1 heterocycles. The zero-order valence-electron chi connectivity index (χ0n) is 10.8. The van der Waals surface area contributed by atoms with Crippen molar-refractivity contribution in [2.45, 2.75) is 12.5 Å². The predicted octanol–water partition coefficient (Wildman–Crippen LogP) is 4.26. The summed E-state index contributed by atoms with van der Waals surface area (Å²) >= 11 is 3.39. The number of para-hydroxylation sites is 1. The zero-order valence-corrected chi connectivity index (χ0v) is 12.4. The zero-order chi connectivity index (χ0) is 13.9. The molecule has 0 amide bonds. The number of nitrogens with zero attached hydrogens (tertiary/aromatic N) is 1. The Morgan fingerprint density at radius 1 is 1.25 bits per heavy atom. The van der Waals surface area contributed by atoms with Crippen LogP contribution in [-0.2, 0) is 0 Å². The molecule has 1 N–H and O–H groups in total. The van der Waals surface area contributed by atoms with Gasteiger partial charge in [0.1, 0.15) is 11.8 Å². The van der Waals surface area contributed by atoms with E-state index in [0.717, 1.165) is 27.9 Å². The van der Waals surface area contributed by atoms with Gasteiger partial charge in [0.05, 0.1) is 23.9 Å². The first-order valence-corrected chi connectivity index (χ1v) is 7.25. The molecule has 2 aromatic carbocycles. The van der Waals surface area contributed by atoms with Crippen LogP contribution in [0.15, 0.2) is 46.9 Å². The van der Waals surface area contributed by atoms with Crippen LogP contribution in [0.1, 0.15) is 23.6 Å². The summed E-state index contributed by atoms with van der Waals surface area (Å²) in [6.45, 7) is 0.688. The molecule has 0 bridgehead atoms. The lowest BCUT2D eigenvalue weighted by atomic mass is 10.00. The lowest BCUT2D eigenvalue weighted by molar-refractivity contribution is 0.274. The van der Waals surface area contributed by atoms with E-state index in [9.17, 15) is 5.26 Å². The molecule has 0 saturated carbocycles. The third kappa shape index (κ3) is 2.50. The molecule has 0 radical (unpaired) electrons. The van der Waals surface area contributed by atoms with Crippen molar-refractivity contribution in [1.82, 2.24) is 0 Å². The number of fused-ring (bicyclic) bond motifs is 1. The maximum atomic E-state index is 9.23. The van der Waals surface area contributed by atoms with Gasteiger partial charge in [0, 0.05) is 16.5 Å². The van der Waals surface area contributed by atoms with E-state index in [1.807, 2.05) is 36.4 Å². The first-order valence-electron chi connectivity index (χ1n) is 6.46. The predicted molar refractivity (Wildman–Crippen MR) is 81.8 cm³/mol. The number of rotatable bonds is 2. The van der Waals surface area contributed by atoms with Gasteiger partial charge in [0.25, 0.3) is 0 Å². The summed E-state index contributed by atoms with van der Waals surface area (Å²) in [6, 6.07) is 16.1. The van der Waals surface area contributed by atoms with Crippen LogP contribution in [0, 0.1) is 11.3 Å². The van der Waals surface area contributed by atoms with Gasteiger partial charge in [-0.25, -0.2) is 0 Å². The molecule has 4 heteroatoms. The smallest absolute Gasteiger partial charge is 0.124 e. The van der Waals surface area contributed by atoms with Gasteiger partial charge >= 0.3 is 0 Å². The summed E-state index contributed by atoms with van der Waals surface area (Å²) < 4.78 is 6.56. The van der Waals surface area contributed by atoms with E-state index >= 15 is 0 Å². The fraction of sp³-hybridized carbons (Fsp3) is 0.188. The molecule has 0 aromatic heterocycles. The fourth-order valence-corrected chi connectivity index (χ4v) is 2.78. The Kier molecular flexibility index (Phi) is 3.62. The number of hydrogen-bond acceptors (Lipinski definition) is 3. The molecule has 0 fully saturated rings. The van der Waals surface area contributed by atoms with Gasteiger partial charge in [0.2, 0.25) is 0 Å². The summed E-state index contributed by atoms with van der Waals surface area (Å²) in [5.74, 6) is 0.923. The minimum absolute atomic E-state index is 0.174. The molecule has 100 valence electrons. The quantitative estimate of drug-likeness (QED) is 0.895. The van der Waals surface area contributed by atoms with Crippen molar-refractivity contribution in [3.8, 4) is 11.8 Å². The molecular formula is C16H13BrN2O. The molecule has 1 atom stereocenters. The van der Waals surface area contributed by atoms with Gasteiger partial charge in [-0.3, -0.25) is 0 Å². The topological polar surface area (TPSA) is 45.0 Å². The van der Waals surface area contributed by atoms with E-state index in [0.29, 0.717) is 12.2 Å². The molecule has 0 spiro atoms. The Balaban J connectivity index is 1.92. The summed E-state index contributed by atoms with van der Waals surface area (Å²) in [6.07, 6.45) is 0.887. The van der Waals surface area contributed by atoms with Gasteiger partial charge in [-0.15, -0.1) is 0 Å². The van der Waals surface area contributed by atoms with Crippen LogP contribution < -0.4 is 10.1 Å². The SMILES string of the molecule is N#Cc1cc(Br)ccc1NC1CCOc2ccccc21. The average Bonchev–Trinajstić information content (AvgIpc) is 2.49. The number of anilines is 1. The normalized spacial score (nSPS) is 16.7. The monoisotopic (exact) mass is 328 g/mol. The number of nitriles is 1. The van der Waals surface area contributed by atoms with E-state index in [1.165, 1.54) is 0 Å². The second kappa shape index (κ2) is 5.56. The standard InChI is InChI=1S/C16H13BrN2O/c17-12-5-6-14(11(9-12)10-18)19-15-7-8-20-16-4-2-1-3-13(15)16/h1-6,9,15,19H,7-8H2. The first-order chi connectivity index (χ1) is 9.78. The number of ether oxygens (including phenoxy) is 1. The molecule has 20 heavy (non-hydrogen) atoms. The van der Waals surface area contributed by atoms with Crippen LogP contribution >= 0.6 is 15.9 Å².